The lowest BCUT2D eigenvalue weighted by Gasteiger charge is -2.08. The molecule has 0 aliphatic heterocycles. The summed E-state index contributed by atoms with van der Waals surface area (Å²) in [5, 5.41) is 9.53. The van der Waals surface area contributed by atoms with E-state index in [1.54, 1.807) is 19.1 Å². The smallest absolute Gasteiger partial charge is 0.307 e. The molecule has 0 spiro atoms. The van der Waals surface area contributed by atoms with Crippen molar-refractivity contribution in [3.63, 3.8) is 0 Å². The van der Waals surface area contributed by atoms with Crippen LogP contribution in [0.1, 0.15) is 41.4 Å². The van der Waals surface area contributed by atoms with E-state index in [9.17, 15) is 14.0 Å². The van der Waals surface area contributed by atoms with E-state index in [0.29, 0.717) is 10.4 Å². The van der Waals surface area contributed by atoms with Crippen LogP contribution in [0, 0.1) is 5.82 Å². The molecule has 0 N–H and O–H groups in total. The number of rotatable bonds is 7. The zero-order chi connectivity index (χ0) is 18.5. The molecule has 26 heavy (non-hydrogen) atoms. The summed E-state index contributed by atoms with van der Waals surface area (Å²) in [7, 11) is 0. The summed E-state index contributed by atoms with van der Waals surface area (Å²) in [5.41, 5.74) is 0.560. The molecule has 0 saturated heterocycles. The maximum absolute atomic E-state index is 13.0. The van der Waals surface area contributed by atoms with Gasteiger partial charge in [-0.2, -0.15) is 0 Å². The van der Waals surface area contributed by atoms with Gasteiger partial charge in [-0.25, -0.2) is 4.39 Å². The summed E-state index contributed by atoms with van der Waals surface area (Å²) in [6.45, 7) is 1.60. The SMILES string of the molecule is C[C@H](OC(=O)CCC(=O)c1cccs1)c1nnc(-c2ccc(F)cc2)o1. The predicted molar refractivity (Wildman–Crippen MR) is 92.1 cm³/mol. The van der Waals surface area contributed by atoms with Crippen molar-refractivity contribution in [2.24, 2.45) is 0 Å². The Kier molecular flexibility index (Phi) is 5.52. The van der Waals surface area contributed by atoms with Gasteiger partial charge in [-0.1, -0.05) is 6.07 Å². The summed E-state index contributed by atoms with van der Waals surface area (Å²) < 4.78 is 23.6. The average Bonchev–Trinajstić information content (AvgIpc) is 3.32. The number of halogens is 1. The van der Waals surface area contributed by atoms with Crippen molar-refractivity contribution in [1.29, 1.82) is 0 Å². The first kappa shape index (κ1) is 17.9. The third-order valence-corrected chi connectivity index (χ3v) is 4.45. The molecule has 2 heterocycles. The Morgan fingerprint density at radius 3 is 2.65 bits per heavy atom. The fourth-order valence-electron chi connectivity index (χ4n) is 2.19. The van der Waals surface area contributed by atoms with Gasteiger partial charge in [-0.15, -0.1) is 21.5 Å². The van der Waals surface area contributed by atoms with Gasteiger partial charge in [0.15, 0.2) is 11.9 Å². The number of ether oxygens (including phenoxy) is 1. The second-order valence-corrected chi connectivity index (χ2v) is 6.43. The zero-order valence-electron chi connectivity index (χ0n) is 13.8. The van der Waals surface area contributed by atoms with Gasteiger partial charge in [0.2, 0.25) is 5.89 Å². The van der Waals surface area contributed by atoms with Crippen LogP contribution in [0.15, 0.2) is 46.2 Å². The molecule has 3 aromatic rings. The van der Waals surface area contributed by atoms with Crippen molar-refractivity contribution in [2.45, 2.75) is 25.9 Å². The van der Waals surface area contributed by atoms with Gasteiger partial charge in [0.05, 0.1) is 11.3 Å². The average molecular weight is 374 g/mol. The molecule has 0 aliphatic carbocycles. The maximum atomic E-state index is 13.0. The number of thiophene rings is 1. The number of carbonyl (C=O) groups is 2. The molecule has 1 atom stereocenters. The van der Waals surface area contributed by atoms with E-state index in [1.165, 1.54) is 35.6 Å². The highest BCUT2D eigenvalue weighted by molar-refractivity contribution is 7.12. The van der Waals surface area contributed by atoms with Crippen molar-refractivity contribution < 1.29 is 23.1 Å². The summed E-state index contributed by atoms with van der Waals surface area (Å²) >= 11 is 1.34. The van der Waals surface area contributed by atoms with Crippen molar-refractivity contribution >= 4 is 23.1 Å². The number of hydrogen-bond acceptors (Lipinski definition) is 7. The molecule has 0 unspecified atom stereocenters. The molecule has 0 saturated carbocycles. The van der Waals surface area contributed by atoms with E-state index in [2.05, 4.69) is 10.2 Å². The molecule has 0 bridgehead atoms. The van der Waals surface area contributed by atoms with Crippen molar-refractivity contribution in [3.8, 4) is 11.5 Å². The molecule has 6 nitrogen and oxygen atoms in total. The third kappa shape index (κ3) is 4.40. The van der Waals surface area contributed by atoms with E-state index < -0.39 is 12.1 Å². The molecule has 3 rings (SSSR count). The van der Waals surface area contributed by atoms with Gasteiger partial charge in [-0.3, -0.25) is 9.59 Å². The standard InChI is InChI=1S/C18H15FN2O4S/c1-11(24-16(23)9-8-14(22)15-3-2-10-26-15)17-20-21-18(25-17)12-4-6-13(19)7-5-12/h2-7,10-11H,8-9H2,1H3/t11-/m0/s1. The second kappa shape index (κ2) is 8.01. The van der Waals surface area contributed by atoms with Gasteiger partial charge >= 0.3 is 5.97 Å². The van der Waals surface area contributed by atoms with Gasteiger partial charge in [-0.05, 0) is 42.6 Å². The fraction of sp³-hybridized carbons (Fsp3) is 0.222. The van der Waals surface area contributed by atoms with Crippen LogP contribution in [0.5, 0.6) is 0 Å². The minimum Gasteiger partial charge on any atom is -0.453 e. The lowest BCUT2D eigenvalue weighted by molar-refractivity contribution is -0.149. The maximum Gasteiger partial charge on any atom is 0.307 e. The minimum absolute atomic E-state index is 0.0277. The number of aromatic nitrogens is 2. The Morgan fingerprint density at radius 2 is 1.96 bits per heavy atom. The summed E-state index contributed by atoms with van der Waals surface area (Å²) in [6, 6.07) is 9.10. The van der Waals surface area contributed by atoms with Crippen LogP contribution in [0.3, 0.4) is 0 Å². The predicted octanol–water partition coefficient (Wildman–Crippen LogP) is 4.20. The van der Waals surface area contributed by atoms with E-state index >= 15 is 0 Å². The first-order valence-corrected chi connectivity index (χ1v) is 8.76. The number of hydrogen-bond donors (Lipinski definition) is 0. The molecule has 0 fully saturated rings. The number of esters is 1. The lowest BCUT2D eigenvalue weighted by Crippen LogP contribution is -2.11. The Bertz CT molecular complexity index is 890. The Hall–Kier alpha value is -2.87. The number of benzene rings is 1. The van der Waals surface area contributed by atoms with Crippen LogP contribution in [0.4, 0.5) is 4.39 Å². The highest BCUT2D eigenvalue weighted by Crippen LogP contribution is 2.23. The molecule has 8 heteroatoms. The van der Waals surface area contributed by atoms with E-state index in [1.807, 2.05) is 5.38 Å². The normalized spacial score (nSPS) is 11.9. The number of ketones is 1. The number of nitrogens with zero attached hydrogens (tertiary/aromatic N) is 2. The van der Waals surface area contributed by atoms with Crippen molar-refractivity contribution in [3.05, 3.63) is 58.4 Å². The zero-order valence-corrected chi connectivity index (χ0v) is 14.7. The van der Waals surface area contributed by atoms with E-state index in [0.717, 1.165) is 0 Å². The van der Waals surface area contributed by atoms with Crippen molar-refractivity contribution in [1.82, 2.24) is 10.2 Å². The Labute approximate surface area is 152 Å². The quantitative estimate of drug-likeness (QED) is 0.455. The topological polar surface area (TPSA) is 82.3 Å². The number of Topliss-reactive ketones (excluding diaryl/α,β-unsaturated/α-hetero) is 1. The largest absolute Gasteiger partial charge is 0.453 e. The molecule has 0 aliphatic rings. The highest BCUT2D eigenvalue weighted by Gasteiger charge is 2.20. The van der Waals surface area contributed by atoms with Crippen LogP contribution in [-0.4, -0.2) is 21.9 Å². The minimum atomic E-state index is -0.749. The molecular weight excluding hydrogens is 359 g/mol. The first-order chi connectivity index (χ1) is 12.5. The van der Waals surface area contributed by atoms with E-state index in [-0.39, 0.29) is 36.2 Å². The third-order valence-electron chi connectivity index (χ3n) is 3.54. The molecule has 134 valence electrons. The van der Waals surface area contributed by atoms with Gasteiger partial charge < -0.3 is 9.15 Å². The molecule has 2 aromatic heterocycles. The highest BCUT2D eigenvalue weighted by atomic mass is 32.1. The van der Waals surface area contributed by atoms with Gasteiger partial charge in [0.25, 0.3) is 5.89 Å². The molecule has 0 radical (unpaired) electrons. The monoisotopic (exact) mass is 374 g/mol. The van der Waals surface area contributed by atoms with Crippen LogP contribution < -0.4 is 0 Å². The van der Waals surface area contributed by atoms with Crippen LogP contribution in [0.25, 0.3) is 11.5 Å². The first-order valence-electron chi connectivity index (χ1n) is 7.88. The van der Waals surface area contributed by atoms with Gasteiger partial charge in [0, 0.05) is 12.0 Å². The Morgan fingerprint density at radius 1 is 1.19 bits per heavy atom. The van der Waals surface area contributed by atoms with Crippen LogP contribution >= 0.6 is 11.3 Å². The van der Waals surface area contributed by atoms with Crippen LogP contribution in [0.2, 0.25) is 0 Å². The van der Waals surface area contributed by atoms with Gasteiger partial charge in [0.1, 0.15) is 5.82 Å². The fourth-order valence-corrected chi connectivity index (χ4v) is 2.88. The Balaban J connectivity index is 1.54. The summed E-state index contributed by atoms with van der Waals surface area (Å²) in [5.74, 6) is -0.657. The molecule has 0 amide bonds. The van der Waals surface area contributed by atoms with Crippen molar-refractivity contribution in [2.75, 3.05) is 0 Å². The number of carbonyl (C=O) groups excluding carboxylic acids is 2. The van der Waals surface area contributed by atoms with Crippen LogP contribution in [-0.2, 0) is 9.53 Å². The second-order valence-electron chi connectivity index (χ2n) is 5.48. The summed E-state index contributed by atoms with van der Waals surface area (Å²) in [4.78, 5) is 24.4. The lowest BCUT2D eigenvalue weighted by atomic mass is 10.2. The molecular formula is C18H15FN2O4S. The molecule has 1 aromatic carbocycles. The summed E-state index contributed by atoms with van der Waals surface area (Å²) in [6.07, 6.45) is -0.697. The van der Waals surface area contributed by atoms with E-state index in [4.69, 9.17) is 9.15 Å².